The zero-order valence-corrected chi connectivity index (χ0v) is 20.4. The van der Waals surface area contributed by atoms with Crippen molar-refractivity contribution in [1.82, 2.24) is 0 Å². The Bertz CT molecular complexity index is 408. The van der Waals surface area contributed by atoms with Crippen LogP contribution in [0.5, 0.6) is 0 Å². The van der Waals surface area contributed by atoms with Crippen LogP contribution in [-0.2, 0) is 19.0 Å². The van der Waals surface area contributed by atoms with Crippen molar-refractivity contribution >= 4 is 5.97 Å². The van der Waals surface area contributed by atoms with Gasteiger partial charge in [0.1, 0.15) is 12.7 Å². The van der Waals surface area contributed by atoms with Crippen LogP contribution in [0.4, 0.5) is 0 Å². The minimum Gasteiger partial charge on any atom is -0.463 e. The Balaban J connectivity index is 3.46. The molecule has 4 nitrogen and oxygen atoms in total. The zero-order valence-electron chi connectivity index (χ0n) is 20.4. The molecular formula is C27H50O4. The van der Waals surface area contributed by atoms with Crippen LogP contribution in [0.15, 0.2) is 25.3 Å². The van der Waals surface area contributed by atoms with Gasteiger partial charge < -0.3 is 14.2 Å². The van der Waals surface area contributed by atoms with Crippen LogP contribution in [0.1, 0.15) is 110 Å². The van der Waals surface area contributed by atoms with Crippen LogP contribution >= 0.6 is 0 Å². The Labute approximate surface area is 192 Å². The van der Waals surface area contributed by atoms with E-state index in [0.29, 0.717) is 26.2 Å². The van der Waals surface area contributed by atoms with Gasteiger partial charge in [-0.05, 0) is 6.42 Å². The molecule has 0 unspecified atom stereocenters. The summed E-state index contributed by atoms with van der Waals surface area (Å²) in [6.45, 7) is 11.0. The maximum absolute atomic E-state index is 11.9. The monoisotopic (exact) mass is 438 g/mol. The van der Waals surface area contributed by atoms with Gasteiger partial charge in [-0.25, -0.2) is 0 Å². The molecule has 0 spiro atoms. The van der Waals surface area contributed by atoms with Crippen LogP contribution in [0.25, 0.3) is 0 Å². The smallest absolute Gasteiger partial charge is 0.305 e. The Hall–Kier alpha value is -1.13. The molecule has 0 aliphatic carbocycles. The first-order chi connectivity index (χ1) is 15.2. The van der Waals surface area contributed by atoms with Crippen molar-refractivity contribution in [2.45, 2.75) is 116 Å². The van der Waals surface area contributed by atoms with E-state index in [2.05, 4.69) is 20.1 Å². The van der Waals surface area contributed by atoms with Crippen molar-refractivity contribution in [1.29, 1.82) is 0 Å². The highest BCUT2D eigenvalue weighted by atomic mass is 16.6. The third kappa shape index (κ3) is 23.4. The molecule has 0 aromatic carbocycles. The van der Waals surface area contributed by atoms with Crippen molar-refractivity contribution in [3.63, 3.8) is 0 Å². The van der Waals surface area contributed by atoms with Crippen LogP contribution in [0, 0.1) is 0 Å². The number of esters is 1. The normalized spacial score (nSPS) is 11.9. The van der Waals surface area contributed by atoms with Crippen molar-refractivity contribution in [3.8, 4) is 0 Å². The van der Waals surface area contributed by atoms with E-state index in [9.17, 15) is 4.79 Å². The molecule has 0 radical (unpaired) electrons. The summed E-state index contributed by atoms with van der Waals surface area (Å²) < 4.78 is 16.3. The lowest BCUT2D eigenvalue weighted by molar-refractivity contribution is -0.149. The Morgan fingerprint density at radius 1 is 0.710 bits per heavy atom. The van der Waals surface area contributed by atoms with Crippen LogP contribution < -0.4 is 0 Å². The fraction of sp³-hybridized carbons (Fsp3) is 0.815. The minimum absolute atomic E-state index is 0.148. The van der Waals surface area contributed by atoms with E-state index in [1.165, 1.54) is 83.5 Å². The highest BCUT2D eigenvalue weighted by molar-refractivity contribution is 5.69. The fourth-order valence-electron chi connectivity index (χ4n) is 3.53. The molecular weight excluding hydrogens is 388 g/mol. The molecule has 0 rings (SSSR count). The SMILES string of the molecule is C=CCOC[C@H](COC(=O)CCCCCCCCCCCCCCCCC)OCC=C. The van der Waals surface area contributed by atoms with Crippen molar-refractivity contribution in [2.24, 2.45) is 0 Å². The van der Waals surface area contributed by atoms with Gasteiger partial charge in [-0.15, -0.1) is 13.2 Å². The summed E-state index contributed by atoms with van der Waals surface area (Å²) in [4.78, 5) is 11.9. The van der Waals surface area contributed by atoms with Gasteiger partial charge in [-0.3, -0.25) is 4.79 Å². The van der Waals surface area contributed by atoms with E-state index in [1.54, 1.807) is 12.2 Å². The first kappa shape index (κ1) is 29.9. The standard InChI is InChI=1S/C27H50O4/c1-4-7-8-9-10-11-12-13-14-15-16-17-18-19-20-21-27(28)31-25-26(30-23-6-3)24-29-22-5-2/h5-6,26H,2-4,7-25H2,1H3/t26-/m1/s1. The molecule has 0 N–H and O–H groups in total. The van der Waals surface area contributed by atoms with Gasteiger partial charge in [0.2, 0.25) is 0 Å². The second-order valence-electron chi connectivity index (χ2n) is 8.45. The van der Waals surface area contributed by atoms with Gasteiger partial charge in [-0.1, -0.05) is 109 Å². The molecule has 0 fully saturated rings. The molecule has 0 amide bonds. The van der Waals surface area contributed by atoms with E-state index >= 15 is 0 Å². The Morgan fingerprint density at radius 3 is 1.68 bits per heavy atom. The summed E-state index contributed by atoms with van der Waals surface area (Å²) in [6.07, 6.45) is 23.4. The van der Waals surface area contributed by atoms with Gasteiger partial charge in [0, 0.05) is 6.42 Å². The topological polar surface area (TPSA) is 44.8 Å². The Kier molecular flexibility index (Phi) is 24.2. The lowest BCUT2D eigenvalue weighted by atomic mass is 10.0. The molecule has 0 aromatic rings. The molecule has 4 heteroatoms. The summed E-state index contributed by atoms with van der Waals surface area (Å²) in [5, 5.41) is 0. The minimum atomic E-state index is -0.261. The van der Waals surface area contributed by atoms with E-state index in [1.807, 2.05) is 0 Å². The molecule has 0 aliphatic heterocycles. The average Bonchev–Trinajstić information content (AvgIpc) is 2.78. The third-order valence-electron chi connectivity index (χ3n) is 5.40. The highest BCUT2D eigenvalue weighted by Gasteiger charge is 2.12. The molecule has 0 aliphatic rings. The van der Waals surface area contributed by atoms with Gasteiger partial charge in [0.05, 0.1) is 19.8 Å². The van der Waals surface area contributed by atoms with E-state index in [-0.39, 0.29) is 18.7 Å². The molecule has 0 saturated carbocycles. The molecule has 182 valence electrons. The first-order valence-electron chi connectivity index (χ1n) is 12.8. The second kappa shape index (κ2) is 25.1. The zero-order chi connectivity index (χ0) is 22.8. The predicted molar refractivity (Wildman–Crippen MR) is 131 cm³/mol. The maximum atomic E-state index is 11.9. The summed E-state index contributed by atoms with van der Waals surface area (Å²) in [7, 11) is 0. The third-order valence-corrected chi connectivity index (χ3v) is 5.40. The fourth-order valence-corrected chi connectivity index (χ4v) is 3.53. The lowest BCUT2D eigenvalue weighted by Gasteiger charge is -2.17. The molecule has 0 saturated heterocycles. The predicted octanol–water partition coefficient (Wildman–Crippen LogP) is 7.56. The van der Waals surface area contributed by atoms with Gasteiger partial charge >= 0.3 is 5.97 Å². The molecule has 0 bridgehead atoms. The van der Waals surface area contributed by atoms with Crippen molar-refractivity contribution < 1.29 is 19.0 Å². The van der Waals surface area contributed by atoms with Crippen LogP contribution in [-0.4, -0.2) is 38.5 Å². The van der Waals surface area contributed by atoms with Gasteiger partial charge in [0.25, 0.3) is 0 Å². The summed E-state index contributed by atoms with van der Waals surface area (Å²) >= 11 is 0. The van der Waals surface area contributed by atoms with E-state index in [4.69, 9.17) is 14.2 Å². The van der Waals surface area contributed by atoms with Crippen molar-refractivity contribution in [3.05, 3.63) is 25.3 Å². The number of hydrogen-bond acceptors (Lipinski definition) is 4. The van der Waals surface area contributed by atoms with Crippen LogP contribution in [0.2, 0.25) is 0 Å². The maximum Gasteiger partial charge on any atom is 0.305 e. The Morgan fingerprint density at radius 2 is 1.19 bits per heavy atom. The number of ether oxygens (including phenoxy) is 3. The van der Waals surface area contributed by atoms with Gasteiger partial charge in [0.15, 0.2) is 0 Å². The number of unbranched alkanes of at least 4 members (excludes halogenated alkanes) is 14. The number of hydrogen-bond donors (Lipinski definition) is 0. The van der Waals surface area contributed by atoms with Crippen molar-refractivity contribution in [2.75, 3.05) is 26.4 Å². The second-order valence-corrected chi connectivity index (χ2v) is 8.45. The lowest BCUT2D eigenvalue weighted by Crippen LogP contribution is -2.27. The number of carbonyl (C=O) groups excluding carboxylic acids is 1. The molecule has 0 heterocycles. The first-order valence-corrected chi connectivity index (χ1v) is 12.8. The van der Waals surface area contributed by atoms with Crippen LogP contribution in [0.3, 0.4) is 0 Å². The molecule has 1 atom stereocenters. The van der Waals surface area contributed by atoms with E-state index in [0.717, 1.165) is 12.8 Å². The highest BCUT2D eigenvalue weighted by Crippen LogP contribution is 2.14. The van der Waals surface area contributed by atoms with E-state index < -0.39 is 0 Å². The number of carbonyl (C=O) groups is 1. The summed E-state index contributed by atoms with van der Waals surface area (Å²) in [5.74, 6) is -0.148. The molecule has 0 aromatic heterocycles. The number of rotatable bonds is 25. The average molecular weight is 439 g/mol. The summed E-state index contributed by atoms with van der Waals surface area (Å²) in [6, 6.07) is 0. The van der Waals surface area contributed by atoms with Gasteiger partial charge in [-0.2, -0.15) is 0 Å². The summed E-state index contributed by atoms with van der Waals surface area (Å²) in [5.41, 5.74) is 0. The molecule has 31 heavy (non-hydrogen) atoms. The largest absolute Gasteiger partial charge is 0.463 e. The quantitative estimate of drug-likeness (QED) is 0.0837.